The molecule has 0 rings (SSSR count). The molecule has 0 spiro atoms. The van der Waals surface area contributed by atoms with Crippen molar-refractivity contribution in [2.24, 2.45) is 0 Å². The van der Waals surface area contributed by atoms with Gasteiger partial charge in [-0.1, -0.05) is 13.3 Å². The van der Waals surface area contributed by atoms with Crippen LogP contribution < -0.4 is 0 Å². The highest BCUT2D eigenvalue weighted by molar-refractivity contribution is 5.82. The Kier molecular flexibility index (Phi) is 7.62. The van der Waals surface area contributed by atoms with Crippen molar-refractivity contribution in [3.05, 3.63) is 0 Å². The highest BCUT2D eigenvalue weighted by atomic mass is 16.5. The van der Waals surface area contributed by atoms with Crippen LogP contribution in [0.4, 0.5) is 0 Å². The van der Waals surface area contributed by atoms with Gasteiger partial charge in [0, 0.05) is 13.2 Å². The van der Waals surface area contributed by atoms with Gasteiger partial charge in [-0.15, -0.1) is 0 Å². The van der Waals surface area contributed by atoms with Crippen molar-refractivity contribution in [1.82, 2.24) is 4.90 Å². The fraction of sp³-hybridized carbons (Fsp3) is 0.800. The number of hydrogen-bond acceptors (Lipinski definition) is 3. The van der Waals surface area contributed by atoms with Gasteiger partial charge in [0.05, 0.1) is 0 Å². The Bertz CT molecular complexity index is 206. The van der Waals surface area contributed by atoms with Crippen LogP contribution in [0, 0.1) is 0 Å². The molecule has 5 nitrogen and oxygen atoms in total. The van der Waals surface area contributed by atoms with Gasteiger partial charge in [0.25, 0.3) is 0 Å². The smallest absolute Gasteiger partial charge is 0.323 e. The van der Waals surface area contributed by atoms with E-state index in [2.05, 4.69) is 0 Å². The molecule has 0 aliphatic heterocycles. The van der Waals surface area contributed by atoms with E-state index in [1.807, 2.05) is 6.92 Å². The van der Waals surface area contributed by atoms with Crippen molar-refractivity contribution >= 4 is 11.9 Å². The normalized spacial score (nSPS) is 10.0. The monoisotopic (exact) mass is 217 g/mol. The molecule has 0 atom stereocenters. The lowest BCUT2D eigenvalue weighted by molar-refractivity contribution is -0.146. The molecule has 0 bridgehead atoms. The lowest BCUT2D eigenvalue weighted by Crippen LogP contribution is -2.37. The van der Waals surface area contributed by atoms with Gasteiger partial charge in [-0.3, -0.25) is 9.59 Å². The summed E-state index contributed by atoms with van der Waals surface area (Å²) < 4.78 is 5.12. The zero-order chi connectivity index (χ0) is 11.7. The lowest BCUT2D eigenvalue weighted by Gasteiger charge is -2.18. The van der Waals surface area contributed by atoms with E-state index in [9.17, 15) is 9.59 Å². The molecule has 0 unspecified atom stereocenters. The molecule has 0 aromatic heterocycles. The summed E-state index contributed by atoms with van der Waals surface area (Å²) in [6, 6.07) is 0. The van der Waals surface area contributed by atoms with E-state index in [-0.39, 0.29) is 19.1 Å². The zero-order valence-corrected chi connectivity index (χ0v) is 9.36. The average Bonchev–Trinajstić information content (AvgIpc) is 2.20. The highest BCUT2D eigenvalue weighted by Gasteiger charge is 2.14. The molecule has 88 valence electrons. The molecule has 5 heteroatoms. The van der Waals surface area contributed by atoms with Crippen LogP contribution in [0.25, 0.3) is 0 Å². The van der Waals surface area contributed by atoms with Crippen LogP contribution in [-0.2, 0) is 14.3 Å². The topological polar surface area (TPSA) is 66.8 Å². The summed E-state index contributed by atoms with van der Waals surface area (Å²) in [6.45, 7) is 4.43. The third kappa shape index (κ3) is 6.90. The summed E-state index contributed by atoms with van der Waals surface area (Å²) in [4.78, 5) is 23.1. The van der Waals surface area contributed by atoms with Gasteiger partial charge in [0.2, 0.25) is 5.91 Å². The van der Waals surface area contributed by atoms with E-state index < -0.39 is 5.97 Å². The fourth-order valence-corrected chi connectivity index (χ4v) is 1.04. The number of nitrogens with zero attached hydrogens (tertiary/aromatic N) is 1. The zero-order valence-electron chi connectivity index (χ0n) is 9.36. The predicted octanol–water partition coefficient (Wildman–Crippen LogP) is 0.736. The summed E-state index contributed by atoms with van der Waals surface area (Å²) in [7, 11) is 0. The number of hydrogen-bond donors (Lipinski definition) is 1. The summed E-state index contributed by atoms with van der Waals surface area (Å²) in [5.74, 6) is -1.27. The van der Waals surface area contributed by atoms with Crippen molar-refractivity contribution < 1.29 is 19.4 Å². The second kappa shape index (κ2) is 8.23. The Hall–Kier alpha value is -1.10. The number of carbonyl (C=O) groups excluding carboxylic acids is 1. The van der Waals surface area contributed by atoms with Crippen molar-refractivity contribution in [2.45, 2.75) is 26.7 Å². The van der Waals surface area contributed by atoms with E-state index in [0.29, 0.717) is 13.2 Å². The van der Waals surface area contributed by atoms with Crippen molar-refractivity contribution in [3.8, 4) is 0 Å². The van der Waals surface area contributed by atoms with Gasteiger partial charge in [0.1, 0.15) is 13.2 Å². The fourth-order valence-electron chi connectivity index (χ4n) is 1.04. The van der Waals surface area contributed by atoms with Crippen LogP contribution in [0.1, 0.15) is 26.7 Å². The summed E-state index contributed by atoms with van der Waals surface area (Å²) in [5.41, 5.74) is 0. The molecule has 1 N–H and O–H groups in total. The van der Waals surface area contributed by atoms with Gasteiger partial charge in [-0.05, 0) is 13.3 Å². The first kappa shape index (κ1) is 13.9. The molecule has 0 aliphatic carbocycles. The number of carbonyl (C=O) groups is 2. The van der Waals surface area contributed by atoms with Crippen LogP contribution in [0.3, 0.4) is 0 Å². The second-order valence-corrected chi connectivity index (χ2v) is 3.21. The van der Waals surface area contributed by atoms with E-state index in [4.69, 9.17) is 9.84 Å². The first-order valence-corrected chi connectivity index (χ1v) is 5.19. The van der Waals surface area contributed by atoms with Crippen LogP contribution in [0.15, 0.2) is 0 Å². The molecule has 0 saturated carbocycles. The number of carboxylic acids is 1. The number of ether oxygens (including phenoxy) is 1. The third-order valence-electron chi connectivity index (χ3n) is 1.93. The number of carboxylic acid groups (broad SMARTS) is 1. The Balaban J connectivity index is 3.78. The van der Waals surface area contributed by atoms with E-state index in [1.54, 1.807) is 6.92 Å². The molecule has 0 saturated heterocycles. The summed E-state index contributed by atoms with van der Waals surface area (Å²) >= 11 is 0. The maximum Gasteiger partial charge on any atom is 0.323 e. The number of unbranched alkanes of at least 4 members (excludes halogenated alkanes) is 1. The molecular weight excluding hydrogens is 198 g/mol. The quantitative estimate of drug-likeness (QED) is 0.609. The van der Waals surface area contributed by atoms with E-state index in [1.165, 1.54) is 4.90 Å². The Labute approximate surface area is 90.0 Å². The summed E-state index contributed by atoms with van der Waals surface area (Å²) in [5, 5.41) is 8.54. The molecule has 0 aromatic rings. The molecule has 15 heavy (non-hydrogen) atoms. The Morgan fingerprint density at radius 3 is 2.47 bits per heavy atom. The second-order valence-electron chi connectivity index (χ2n) is 3.21. The van der Waals surface area contributed by atoms with E-state index >= 15 is 0 Å². The number of aliphatic carboxylic acids is 1. The maximum atomic E-state index is 11.4. The number of amides is 1. The number of likely N-dealkylation sites (N-methyl/N-ethyl adjacent to an activating group) is 1. The van der Waals surface area contributed by atoms with Crippen molar-refractivity contribution in [2.75, 3.05) is 26.3 Å². The first-order valence-electron chi connectivity index (χ1n) is 5.19. The number of rotatable bonds is 8. The molecule has 0 fully saturated rings. The highest BCUT2D eigenvalue weighted by Crippen LogP contribution is 1.93. The van der Waals surface area contributed by atoms with Gasteiger partial charge < -0.3 is 14.7 Å². The minimum Gasteiger partial charge on any atom is -0.480 e. The molecular formula is C10H19NO4. The maximum absolute atomic E-state index is 11.4. The van der Waals surface area contributed by atoms with Crippen LogP contribution in [-0.4, -0.2) is 48.2 Å². The van der Waals surface area contributed by atoms with Gasteiger partial charge in [-0.25, -0.2) is 0 Å². The van der Waals surface area contributed by atoms with Gasteiger partial charge in [-0.2, -0.15) is 0 Å². The third-order valence-corrected chi connectivity index (χ3v) is 1.93. The van der Waals surface area contributed by atoms with Crippen LogP contribution in [0.2, 0.25) is 0 Å². The Morgan fingerprint density at radius 2 is 2.00 bits per heavy atom. The SMILES string of the molecule is CCCCOCC(=O)N(CC)CC(=O)O. The molecule has 0 aromatic carbocycles. The van der Waals surface area contributed by atoms with Crippen molar-refractivity contribution in [1.29, 1.82) is 0 Å². The molecule has 0 aliphatic rings. The van der Waals surface area contributed by atoms with Crippen LogP contribution in [0.5, 0.6) is 0 Å². The minimum atomic E-state index is -1.00. The molecule has 0 heterocycles. The predicted molar refractivity (Wildman–Crippen MR) is 55.6 cm³/mol. The van der Waals surface area contributed by atoms with Crippen LogP contribution >= 0.6 is 0 Å². The largest absolute Gasteiger partial charge is 0.480 e. The minimum absolute atomic E-state index is 0.0267. The average molecular weight is 217 g/mol. The summed E-state index contributed by atoms with van der Waals surface area (Å²) in [6.07, 6.45) is 1.93. The van der Waals surface area contributed by atoms with E-state index in [0.717, 1.165) is 12.8 Å². The van der Waals surface area contributed by atoms with Gasteiger partial charge in [0.15, 0.2) is 0 Å². The standard InChI is InChI=1S/C10H19NO4/c1-3-5-6-15-8-9(12)11(4-2)7-10(13)14/h3-8H2,1-2H3,(H,13,14). The van der Waals surface area contributed by atoms with Crippen molar-refractivity contribution in [3.63, 3.8) is 0 Å². The molecule has 1 amide bonds. The first-order chi connectivity index (χ1) is 7.11. The lowest BCUT2D eigenvalue weighted by atomic mass is 10.4. The molecule has 0 radical (unpaired) electrons. The van der Waals surface area contributed by atoms with Gasteiger partial charge >= 0.3 is 5.97 Å². The Morgan fingerprint density at radius 1 is 1.33 bits per heavy atom.